The average Bonchev–Trinajstić information content (AvgIpc) is 2.32. The average molecular weight is 258 g/mol. The van der Waals surface area contributed by atoms with Gasteiger partial charge in [0.2, 0.25) is 0 Å². The molecule has 0 spiro atoms. The van der Waals surface area contributed by atoms with E-state index < -0.39 is 6.10 Å². The third-order valence-electron chi connectivity index (χ3n) is 3.32. The lowest BCUT2D eigenvalue weighted by atomic mass is 10.0. The van der Waals surface area contributed by atoms with Crippen LogP contribution >= 0.6 is 0 Å². The molecule has 3 nitrogen and oxygen atoms in total. The molecule has 0 heterocycles. The minimum absolute atomic E-state index is 0.0217. The molecule has 0 rings (SSSR count). The molecule has 2 atom stereocenters. The summed E-state index contributed by atoms with van der Waals surface area (Å²) in [7, 11) is 0. The molecule has 0 aromatic carbocycles. The maximum absolute atomic E-state index is 11.4. The van der Waals surface area contributed by atoms with E-state index in [0.29, 0.717) is 13.0 Å². The fourth-order valence-electron chi connectivity index (χ4n) is 1.74. The van der Waals surface area contributed by atoms with Crippen molar-refractivity contribution in [3.8, 4) is 0 Å². The van der Waals surface area contributed by atoms with Gasteiger partial charge in [-0.25, -0.2) is 0 Å². The van der Waals surface area contributed by atoms with Crippen LogP contribution in [0.2, 0.25) is 0 Å². The summed E-state index contributed by atoms with van der Waals surface area (Å²) in [5.74, 6) is -0.207. The standard InChI is InChI=1S/C15H30O3/c1-4-5-6-7-8-9-10-11-18-15(17)12-13(2)14(3)16/h13-14,16H,4-12H2,1-3H3. The lowest BCUT2D eigenvalue weighted by Gasteiger charge is -2.13. The Morgan fingerprint density at radius 3 is 2.17 bits per heavy atom. The van der Waals surface area contributed by atoms with Crippen LogP contribution in [0.25, 0.3) is 0 Å². The Kier molecular flexibility index (Phi) is 11.2. The highest BCUT2D eigenvalue weighted by atomic mass is 16.5. The van der Waals surface area contributed by atoms with E-state index in [-0.39, 0.29) is 11.9 Å². The number of unbranched alkanes of at least 4 members (excludes halogenated alkanes) is 6. The Morgan fingerprint density at radius 1 is 1.06 bits per heavy atom. The molecule has 0 aromatic rings. The van der Waals surface area contributed by atoms with Gasteiger partial charge in [-0.1, -0.05) is 52.4 Å². The molecule has 0 bridgehead atoms. The quantitative estimate of drug-likeness (QED) is 0.454. The van der Waals surface area contributed by atoms with E-state index in [0.717, 1.165) is 12.8 Å². The minimum atomic E-state index is -0.448. The fourth-order valence-corrected chi connectivity index (χ4v) is 1.74. The lowest BCUT2D eigenvalue weighted by Crippen LogP contribution is -2.18. The minimum Gasteiger partial charge on any atom is -0.466 e. The molecule has 1 N–H and O–H groups in total. The molecule has 0 aliphatic rings. The smallest absolute Gasteiger partial charge is 0.306 e. The third-order valence-corrected chi connectivity index (χ3v) is 3.32. The van der Waals surface area contributed by atoms with Crippen molar-refractivity contribution in [1.82, 2.24) is 0 Å². The van der Waals surface area contributed by atoms with Crippen LogP contribution in [0.3, 0.4) is 0 Å². The van der Waals surface area contributed by atoms with Crippen molar-refractivity contribution in [2.24, 2.45) is 5.92 Å². The van der Waals surface area contributed by atoms with Gasteiger partial charge in [0.15, 0.2) is 0 Å². The molecule has 0 fully saturated rings. The molecule has 108 valence electrons. The monoisotopic (exact) mass is 258 g/mol. The van der Waals surface area contributed by atoms with Gasteiger partial charge in [-0.05, 0) is 19.3 Å². The van der Waals surface area contributed by atoms with Crippen molar-refractivity contribution >= 4 is 5.97 Å². The normalized spacial score (nSPS) is 14.2. The topological polar surface area (TPSA) is 46.5 Å². The van der Waals surface area contributed by atoms with E-state index in [4.69, 9.17) is 4.74 Å². The van der Waals surface area contributed by atoms with Crippen LogP contribution in [-0.4, -0.2) is 23.8 Å². The molecule has 0 radical (unpaired) electrons. The van der Waals surface area contributed by atoms with E-state index >= 15 is 0 Å². The van der Waals surface area contributed by atoms with Crippen LogP contribution in [0.4, 0.5) is 0 Å². The summed E-state index contributed by atoms with van der Waals surface area (Å²) in [4.78, 5) is 11.4. The van der Waals surface area contributed by atoms with E-state index in [1.54, 1.807) is 6.92 Å². The Balaban J connectivity index is 3.30. The second-order valence-electron chi connectivity index (χ2n) is 5.26. The Labute approximate surface area is 112 Å². The first-order valence-electron chi connectivity index (χ1n) is 7.41. The largest absolute Gasteiger partial charge is 0.466 e. The van der Waals surface area contributed by atoms with Crippen LogP contribution in [-0.2, 0) is 9.53 Å². The molecule has 0 aliphatic carbocycles. The number of aliphatic hydroxyl groups excluding tert-OH is 1. The molecule has 0 saturated carbocycles. The van der Waals surface area contributed by atoms with Gasteiger partial charge in [0.25, 0.3) is 0 Å². The third kappa shape index (κ3) is 10.6. The van der Waals surface area contributed by atoms with E-state index in [9.17, 15) is 9.90 Å². The molecule has 0 saturated heterocycles. The second kappa shape index (κ2) is 11.5. The van der Waals surface area contributed by atoms with Gasteiger partial charge in [-0.2, -0.15) is 0 Å². The number of carbonyl (C=O) groups excluding carboxylic acids is 1. The van der Waals surface area contributed by atoms with Crippen molar-refractivity contribution in [2.45, 2.75) is 78.2 Å². The molecule has 3 heteroatoms. The molecular formula is C15H30O3. The molecule has 18 heavy (non-hydrogen) atoms. The zero-order valence-corrected chi connectivity index (χ0v) is 12.3. The lowest BCUT2D eigenvalue weighted by molar-refractivity contribution is -0.145. The summed E-state index contributed by atoms with van der Waals surface area (Å²) < 4.78 is 5.14. The predicted molar refractivity (Wildman–Crippen MR) is 74.4 cm³/mol. The number of hydrogen-bond acceptors (Lipinski definition) is 3. The number of ether oxygens (including phenoxy) is 1. The first-order chi connectivity index (χ1) is 8.57. The van der Waals surface area contributed by atoms with Crippen LogP contribution in [0, 0.1) is 5.92 Å². The predicted octanol–water partition coefficient (Wildman–Crippen LogP) is 3.69. The van der Waals surface area contributed by atoms with Crippen molar-refractivity contribution in [3.63, 3.8) is 0 Å². The van der Waals surface area contributed by atoms with Gasteiger partial charge in [-0.3, -0.25) is 4.79 Å². The van der Waals surface area contributed by atoms with Gasteiger partial charge >= 0.3 is 5.97 Å². The van der Waals surface area contributed by atoms with Crippen molar-refractivity contribution in [3.05, 3.63) is 0 Å². The maximum Gasteiger partial charge on any atom is 0.306 e. The molecule has 0 aromatic heterocycles. The summed E-state index contributed by atoms with van der Waals surface area (Å²) in [6.07, 6.45) is 8.42. The summed E-state index contributed by atoms with van der Waals surface area (Å²) in [5.41, 5.74) is 0. The zero-order valence-electron chi connectivity index (χ0n) is 12.3. The number of aliphatic hydroxyl groups is 1. The number of rotatable bonds is 11. The van der Waals surface area contributed by atoms with Crippen molar-refractivity contribution in [2.75, 3.05) is 6.61 Å². The van der Waals surface area contributed by atoms with Gasteiger partial charge in [0.05, 0.1) is 19.1 Å². The van der Waals surface area contributed by atoms with Crippen LogP contribution in [0.5, 0.6) is 0 Å². The second-order valence-corrected chi connectivity index (χ2v) is 5.26. The van der Waals surface area contributed by atoms with Crippen LogP contribution in [0.1, 0.15) is 72.1 Å². The first-order valence-corrected chi connectivity index (χ1v) is 7.41. The Hall–Kier alpha value is -0.570. The van der Waals surface area contributed by atoms with Crippen LogP contribution in [0.15, 0.2) is 0 Å². The van der Waals surface area contributed by atoms with Gasteiger partial charge in [0.1, 0.15) is 0 Å². The summed E-state index contributed by atoms with van der Waals surface area (Å²) in [6, 6.07) is 0. The fraction of sp³-hybridized carbons (Fsp3) is 0.933. The summed E-state index contributed by atoms with van der Waals surface area (Å²) in [5, 5.41) is 9.27. The number of esters is 1. The summed E-state index contributed by atoms with van der Waals surface area (Å²) >= 11 is 0. The summed E-state index contributed by atoms with van der Waals surface area (Å²) in [6.45, 7) is 6.31. The van der Waals surface area contributed by atoms with E-state index in [2.05, 4.69) is 6.92 Å². The highest BCUT2D eigenvalue weighted by Crippen LogP contribution is 2.10. The Bertz CT molecular complexity index is 202. The zero-order chi connectivity index (χ0) is 13.8. The van der Waals surface area contributed by atoms with Crippen molar-refractivity contribution < 1.29 is 14.6 Å². The van der Waals surface area contributed by atoms with Gasteiger partial charge in [-0.15, -0.1) is 0 Å². The Morgan fingerprint density at radius 2 is 1.61 bits per heavy atom. The molecular weight excluding hydrogens is 228 g/mol. The van der Waals surface area contributed by atoms with Crippen LogP contribution < -0.4 is 0 Å². The highest BCUT2D eigenvalue weighted by Gasteiger charge is 2.14. The van der Waals surface area contributed by atoms with E-state index in [1.807, 2.05) is 6.92 Å². The molecule has 2 unspecified atom stereocenters. The van der Waals surface area contributed by atoms with Crippen molar-refractivity contribution in [1.29, 1.82) is 0 Å². The molecule has 0 aliphatic heterocycles. The highest BCUT2D eigenvalue weighted by molar-refractivity contribution is 5.69. The SMILES string of the molecule is CCCCCCCCCOC(=O)CC(C)C(C)O. The van der Waals surface area contributed by atoms with Gasteiger partial charge in [0, 0.05) is 0 Å². The van der Waals surface area contributed by atoms with Gasteiger partial charge < -0.3 is 9.84 Å². The maximum atomic E-state index is 11.4. The molecule has 0 amide bonds. The number of hydrogen-bond donors (Lipinski definition) is 1. The first kappa shape index (κ1) is 17.4. The number of carbonyl (C=O) groups is 1. The van der Waals surface area contributed by atoms with E-state index in [1.165, 1.54) is 32.1 Å².